The molecule has 0 aromatic carbocycles. The number of nitrogens with zero attached hydrogens (tertiary/aromatic N) is 2. The summed E-state index contributed by atoms with van der Waals surface area (Å²) in [5.74, 6) is -0.133. The fourth-order valence-corrected chi connectivity index (χ4v) is 4.24. The van der Waals surface area contributed by atoms with Crippen molar-refractivity contribution >= 4 is 22.3 Å². The highest BCUT2D eigenvalue weighted by atomic mass is 32.1. The van der Waals surface area contributed by atoms with Crippen LogP contribution in [0.15, 0.2) is 5.38 Å². The zero-order chi connectivity index (χ0) is 15.2. The summed E-state index contributed by atoms with van der Waals surface area (Å²) in [6.07, 6.45) is 4.46. The van der Waals surface area contributed by atoms with Crippen LogP contribution in [0.1, 0.15) is 50.7 Å². The third kappa shape index (κ3) is 2.48. The quantitative estimate of drug-likeness (QED) is 0.939. The Hall–Kier alpha value is -1.36. The largest absolute Gasteiger partial charge is 0.481 e. The molecule has 0 saturated heterocycles. The molecule has 0 spiro atoms. The molecule has 4 nitrogen and oxygen atoms in total. The summed E-state index contributed by atoms with van der Waals surface area (Å²) in [4.78, 5) is 16.7. The van der Waals surface area contributed by atoms with Gasteiger partial charge in [-0.25, -0.2) is 4.98 Å². The van der Waals surface area contributed by atoms with E-state index in [9.17, 15) is 4.79 Å². The van der Waals surface area contributed by atoms with Crippen molar-refractivity contribution in [3.8, 4) is 0 Å². The molecular weight excluding hydrogens is 284 g/mol. The Morgan fingerprint density at radius 3 is 3.00 bits per heavy atom. The highest BCUT2D eigenvalue weighted by molar-refractivity contribution is 7.15. The Bertz CT molecular complexity index is 684. The van der Waals surface area contributed by atoms with E-state index in [-0.39, 0.29) is 6.42 Å². The summed E-state index contributed by atoms with van der Waals surface area (Å²) in [5, 5.41) is 11.0. The van der Waals surface area contributed by atoms with Gasteiger partial charge in [0.05, 0.1) is 12.1 Å². The average Bonchev–Trinajstić information content (AvgIpc) is 2.97. The maximum absolute atomic E-state index is 11.0. The van der Waals surface area contributed by atoms with Gasteiger partial charge in [-0.2, -0.15) is 0 Å². The van der Waals surface area contributed by atoms with E-state index in [1.54, 1.807) is 11.3 Å². The van der Waals surface area contributed by atoms with Crippen LogP contribution in [0.4, 0.5) is 0 Å². The molecule has 1 aliphatic rings. The van der Waals surface area contributed by atoms with Crippen LogP contribution in [-0.4, -0.2) is 20.5 Å². The lowest BCUT2D eigenvalue weighted by Gasteiger charge is -2.36. The predicted molar refractivity (Wildman–Crippen MR) is 84.0 cm³/mol. The van der Waals surface area contributed by atoms with Crippen LogP contribution < -0.4 is 0 Å². The van der Waals surface area contributed by atoms with E-state index in [0.29, 0.717) is 11.3 Å². The molecule has 0 amide bonds. The van der Waals surface area contributed by atoms with Crippen LogP contribution in [0.3, 0.4) is 0 Å². The van der Waals surface area contributed by atoms with Gasteiger partial charge in [0, 0.05) is 16.8 Å². The van der Waals surface area contributed by atoms with Crippen LogP contribution in [0.5, 0.6) is 0 Å². The summed E-state index contributed by atoms with van der Waals surface area (Å²) >= 11 is 1.55. The first-order valence-electron chi connectivity index (χ1n) is 7.60. The topological polar surface area (TPSA) is 54.6 Å². The van der Waals surface area contributed by atoms with Crippen LogP contribution in [0, 0.1) is 11.3 Å². The van der Waals surface area contributed by atoms with Gasteiger partial charge < -0.3 is 5.11 Å². The van der Waals surface area contributed by atoms with Crippen molar-refractivity contribution in [2.45, 2.75) is 52.9 Å². The van der Waals surface area contributed by atoms with E-state index in [2.05, 4.69) is 25.2 Å². The molecule has 0 saturated carbocycles. The standard InChI is InChI=1S/C16H22N2O2S/c1-4-16(2,3)10-5-6-12-13(7-10)18-11(8-14(19)20)9-21-15(18)17-12/h9-10H,4-8H2,1-3H3,(H,19,20). The number of rotatable bonds is 4. The first-order valence-corrected chi connectivity index (χ1v) is 8.48. The van der Waals surface area contributed by atoms with Crippen molar-refractivity contribution in [3.63, 3.8) is 0 Å². The van der Waals surface area contributed by atoms with E-state index < -0.39 is 5.97 Å². The molecule has 21 heavy (non-hydrogen) atoms. The molecule has 114 valence electrons. The molecule has 1 N–H and O–H groups in total. The number of carboxylic acids is 1. The summed E-state index contributed by atoms with van der Waals surface area (Å²) in [7, 11) is 0. The molecule has 0 radical (unpaired) electrons. The second-order valence-corrected chi connectivity index (χ2v) is 7.54. The molecular formula is C16H22N2O2S. The van der Waals surface area contributed by atoms with E-state index in [1.807, 2.05) is 5.38 Å². The van der Waals surface area contributed by atoms with Crippen molar-refractivity contribution in [3.05, 3.63) is 22.5 Å². The first kappa shape index (κ1) is 14.6. The predicted octanol–water partition coefficient (Wildman–Crippen LogP) is 3.56. The Morgan fingerprint density at radius 2 is 2.33 bits per heavy atom. The average molecular weight is 306 g/mol. The molecule has 1 unspecified atom stereocenters. The molecule has 0 fully saturated rings. The summed E-state index contributed by atoms with van der Waals surface area (Å²) in [6, 6.07) is 0. The van der Waals surface area contributed by atoms with E-state index in [4.69, 9.17) is 10.1 Å². The smallest absolute Gasteiger partial charge is 0.309 e. The lowest BCUT2D eigenvalue weighted by molar-refractivity contribution is -0.136. The summed E-state index contributed by atoms with van der Waals surface area (Å²) in [6.45, 7) is 6.93. The van der Waals surface area contributed by atoms with Gasteiger partial charge in [0.25, 0.3) is 0 Å². The Balaban J connectivity index is 2.01. The van der Waals surface area contributed by atoms with Crippen molar-refractivity contribution < 1.29 is 9.90 Å². The fraction of sp³-hybridized carbons (Fsp3) is 0.625. The number of carbonyl (C=O) groups is 1. The number of fused-ring (bicyclic) bond motifs is 3. The van der Waals surface area contributed by atoms with Gasteiger partial charge in [-0.3, -0.25) is 9.20 Å². The number of hydrogen-bond acceptors (Lipinski definition) is 3. The van der Waals surface area contributed by atoms with Gasteiger partial charge in [-0.05, 0) is 30.6 Å². The van der Waals surface area contributed by atoms with E-state index >= 15 is 0 Å². The van der Waals surface area contributed by atoms with Gasteiger partial charge in [0.2, 0.25) is 0 Å². The second-order valence-electron chi connectivity index (χ2n) is 6.70. The number of imidazole rings is 1. The van der Waals surface area contributed by atoms with Crippen molar-refractivity contribution in [1.29, 1.82) is 0 Å². The number of aromatic nitrogens is 2. The molecule has 1 aliphatic carbocycles. The molecule has 2 aromatic rings. The van der Waals surface area contributed by atoms with Crippen molar-refractivity contribution in [2.24, 2.45) is 11.3 Å². The lowest BCUT2D eigenvalue weighted by atomic mass is 9.70. The lowest BCUT2D eigenvalue weighted by Crippen LogP contribution is -2.29. The summed E-state index contributed by atoms with van der Waals surface area (Å²) in [5.41, 5.74) is 3.62. The third-order valence-corrected chi connectivity index (χ3v) is 6.01. The molecule has 0 aliphatic heterocycles. The Morgan fingerprint density at radius 1 is 1.57 bits per heavy atom. The van der Waals surface area contributed by atoms with Gasteiger partial charge in [0.1, 0.15) is 0 Å². The Kier molecular flexibility index (Phi) is 3.56. The minimum atomic E-state index is -0.779. The maximum atomic E-state index is 11.0. The van der Waals surface area contributed by atoms with Crippen molar-refractivity contribution in [1.82, 2.24) is 9.38 Å². The van der Waals surface area contributed by atoms with Crippen molar-refractivity contribution in [2.75, 3.05) is 0 Å². The van der Waals surface area contributed by atoms with E-state index in [1.165, 1.54) is 24.2 Å². The molecule has 3 rings (SSSR count). The zero-order valence-corrected chi connectivity index (χ0v) is 13.7. The maximum Gasteiger partial charge on any atom is 0.309 e. The third-order valence-electron chi connectivity index (χ3n) is 5.13. The van der Waals surface area contributed by atoms with Gasteiger partial charge in [-0.15, -0.1) is 11.3 Å². The van der Waals surface area contributed by atoms with Crippen LogP contribution in [0.2, 0.25) is 0 Å². The minimum Gasteiger partial charge on any atom is -0.481 e. The monoisotopic (exact) mass is 306 g/mol. The van der Waals surface area contributed by atoms with Crippen LogP contribution in [0.25, 0.3) is 4.96 Å². The minimum absolute atomic E-state index is 0.0740. The number of hydrogen-bond donors (Lipinski definition) is 1. The zero-order valence-electron chi connectivity index (χ0n) is 12.8. The molecule has 2 aromatic heterocycles. The van der Waals surface area contributed by atoms with Gasteiger partial charge in [-0.1, -0.05) is 27.2 Å². The summed E-state index contributed by atoms with van der Waals surface area (Å²) < 4.78 is 2.10. The molecule has 1 atom stereocenters. The number of thiazole rings is 1. The van der Waals surface area contributed by atoms with Gasteiger partial charge >= 0.3 is 5.97 Å². The number of aliphatic carboxylic acids is 1. The molecule has 5 heteroatoms. The first-order chi connectivity index (χ1) is 9.92. The molecule has 2 heterocycles. The second kappa shape index (κ2) is 5.13. The fourth-order valence-electron chi connectivity index (χ4n) is 3.31. The normalized spacial score (nSPS) is 18.9. The molecule has 0 bridgehead atoms. The van der Waals surface area contributed by atoms with Gasteiger partial charge in [0.15, 0.2) is 4.96 Å². The van der Waals surface area contributed by atoms with E-state index in [0.717, 1.165) is 23.5 Å². The number of aryl methyl sites for hydroxylation is 1. The Labute approximate surface area is 128 Å². The number of carboxylic acid groups (broad SMARTS) is 1. The van der Waals surface area contributed by atoms with Crippen LogP contribution in [-0.2, 0) is 24.1 Å². The SMILES string of the molecule is CCC(C)(C)C1CCc2nc3scc(CC(=O)O)n3c2C1. The highest BCUT2D eigenvalue weighted by Crippen LogP contribution is 2.40. The van der Waals surface area contributed by atoms with Crippen LogP contribution >= 0.6 is 11.3 Å². The highest BCUT2D eigenvalue weighted by Gasteiger charge is 2.33.